The van der Waals surface area contributed by atoms with Crippen LogP contribution in [0.4, 0.5) is 0 Å². The van der Waals surface area contributed by atoms with Crippen molar-refractivity contribution >= 4 is 34.8 Å². The minimum absolute atomic E-state index is 0.181. The summed E-state index contributed by atoms with van der Waals surface area (Å²) in [4.78, 5) is 28.0. The number of nitrogens with one attached hydrogen (secondary N) is 1. The molecule has 0 aliphatic carbocycles. The fourth-order valence-corrected chi connectivity index (χ4v) is 2.76. The highest BCUT2D eigenvalue weighted by Gasteiger charge is 2.20. The van der Waals surface area contributed by atoms with Crippen LogP contribution < -0.4 is 5.32 Å². The predicted octanol–water partition coefficient (Wildman–Crippen LogP) is 3.54. The zero-order valence-electron chi connectivity index (χ0n) is 12.8. The summed E-state index contributed by atoms with van der Waals surface area (Å²) < 4.78 is 5.14. The van der Waals surface area contributed by atoms with E-state index in [0.717, 1.165) is 12.0 Å². The molecule has 1 heterocycles. The second kappa shape index (κ2) is 8.08. The molecule has 5 nitrogen and oxygen atoms in total. The molecule has 0 saturated heterocycles. The summed E-state index contributed by atoms with van der Waals surface area (Å²) >= 11 is 7.27. The van der Waals surface area contributed by atoms with Crippen LogP contribution in [0.3, 0.4) is 0 Å². The molecular formula is C16H17ClN2O3S. The summed E-state index contributed by atoms with van der Waals surface area (Å²) in [7, 11) is 0. The van der Waals surface area contributed by atoms with Crippen molar-refractivity contribution in [2.24, 2.45) is 0 Å². The van der Waals surface area contributed by atoms with Crippen molar-refractivity contribution in [2.75, 3.05) is 6.54 Å². The second-order valence-corrected chi connectivity index (χ2v) is 6.18. The maximum atomic E-state index is 12.1. The number of ether oxygens (including phenoxy) is 1. The third kappa shape index (κ3) is 4.77. The van der Waals surface area contributed by atoms with E-state index in [1.807, 2.05) is 19.1 Å². The minimum Gasteiger partial charge on any atom is -0.448 e. The van der Waals surface area contributed by atoms with Crippen LogP contribution in [0, 0.1) is 0 Å². The summed E-state index contributed by atoms with van der Waals surface area (Å²) in [6.45, 7) is 4.03. The van der Waals surface area contributed by atoms with Gasteiger partial charge in [-0.25, -0.2) is 9.78 Å². The molecule has 0 radical (unpaired) electrons. The molecule has 0 aliphatic heterocycles. The highest BCUT2D eigenvalue weighted by atomic mass is 35.5. The Balaban J connectivity index is 2.02. The number of aromatic nitrogens is 1. The average molecular weight is 353 g/mol. The topological polar surface area (TPSA) is 68.3 Å². The number of esters is 1. The van der Waals surface area contributed by atoms with Crippen molar-refractivity contribution in [2.45, 2.75) is 26.4 Å². The van der Waals surface area contributed by atoms with E-state index < -0.39 is 12.1 Å². The van der Waals surface area contributed by atoms with Crippen LogP contribution in [-0.4, -0.2) is 29.5 Å². The zero-order chi connectivity index (χ0) is 16.8. The molecule has 0 spiro atoms. The summed E-state index contributed by atoms with van der Waals surface area (Å²) in [6, 6.07) is 7.22. The van der Waals surface area contributed by atoms with E-state index in [9.17, 15) is 9.59 Å². The number of benzene rings is 1. The maximum absolute atomic E-state index is 12.1. The Kier molecular flexibility index (Phi) is 6.12. The Labute approximate surface area is 143 Å². The maximum Gasteiger partial charge on any atom is 0.358 e. The van der Waals surface area contributed by atoms with E-state index in [2.05, 4.69) is 10.3 Å². The van der Waals surface area contributed by atoms with E-state index in [1.165, 1.54) is 18.3 Å². The first-order valence-electron chi connectivity index (χ1n) is 7.21. The molecule has 7 heteroatoms. The number of hydrogen-bond donors (Lipinski definition) is 1. The van der Waals surface area contributed by atoms with Gasteiger partial charge < -0.3 is 10.1 Å². The average Bonchev–Trinajstić information content (AvgIpc) is 3.02. The van der Waals surface area contributed by atoms with Gasteiger partial charge in [0, 0.05) is 22.5 Å². The summed E-state index contributed by atoms with van der Waals surface area (Å²) in [5.41, 5.74) is 1.01. The fraction of sp³-hybridized carbons (Fsp3) is 0.312. The van der Waals surface area contributed by atoms with E-state index in [4.69, 9.17) is 16.3 Å². The minimum atomic E-state index is -0.856. The van der Waals surface area contributed by atoms with E-state index in [0.29, 0.717) is 16.6 Å². The Morgan fingerprint density at radius 1 is 1.43 bits per heavy atom. The number of thiazole rings is 1. The van der Waals surface area contributed by atoms with Crippen molar-refractivity contribution in [3.63, 3.8) is 0 Å². The Hall–Kier alpha value is -1.92. The lowest BCUT2D eigenvalue weighted by molar-refractivity contribution is -0.129. The second-order valence-electron chi connectivity index (χ2n) is 4.89. The van der Waals surface area contributed by atoms with Gasteiger partial charge in [0.05, 0.1) is 0 Å². The molecule has 1 aromatic heterocycles. The van der Waals surface area contributed by atoms with Crippen molar-refractivity contribution < 1.29 is 14.3 Å². The third-order valence-corrected chi connectivity index (χ3v) is 4.11. The molecule has 122 valence electrons. The van der Waals surface area contributed by atoms with Gasteiger partial charge in [0.15, 0.2) is 11.8 Å². The molecule has 0 aliphatic rings. The van der Waals surface area contributed by atoms with Crippen LogP contribution in [0.1, 0.15) is 30.8 Å². The number of carbonyl (C=O) groups is 2. The first-order chi connectivity index (χ1) is 11.0. The molecule has 23 heavy (non-hydrogen) atoms. The molecular weight excluding hydrogens is 336 g/mol. The lowest BCUT2D eigenvalue weighted by Gasteiger charge is -2.12. The van der Waals surface area contributed by atoms with Gasteiger partial charge in [0.25, 0.3) is 5.91 Å². The van der Waals surface area contributed by atoms with Gasteiger partial charge in [0.1, 0.15) is 5.01 Å². The van der Waals surface area contributed by atoms with Gasteiger partial charge in [0.2, 0.25) is 0 Å². The van der Waals surface area contributed by atoms with Crippen LogP contribution in [0.2, 0.25) is 5.02 Å². The molecule has 2 aromatic rings. The Bertz CT molecular complexity index is 702. The first kappa shape index (κ1) is 17.4. The monoisotopic (exact) mass is 352 g/mol. The third-order valence-electron chi connectivity index (χ3n) is 2.99. The number of hydrogen-bond acceptors (Lipinski definition) is 5. The lowest BCUT2D eigenvalue weighted by Crippen LogP contribution is -2.36. The number of halogens is 1. The lowest BCUT2D eigenvalue weighted by atomic mass is 10.2. The SMILES string of the molecule is CCCNC(=O)[C@H](C)OC(=O)c1csc(-c2cccc(Cl)c2)n1. The molecule has 0 bridgehead atoms. The number of amides is 1. The van der Waals surface area contributed by atoms with Crippen LogP contribution in [0.15, 0.2) is 29.6 Å². The fourth-order valence-electron chi connectivity index (χ4n) is 1.79. The first-order valence-corrected chi connectivity index (χ1v) is 8.47. The number of rotatable bonds is 6. The zero-order valence-corrected chi connectivity index (χ0v) is 14.4. The molecule has 1 aromatic carbocycles. The smallest absolute Gasteiger partial charge is 0.358 e. The molecule has 0 saturated carbocycles. The molecule has 0 unspecified atom stereocenters. The van der Waals surface area contributed by atoms with Gasteiger partial charge in [-0.3, -0.25) is 4.79 Å². The van der Waals surface area contributed by atoms with E-state index >= 15 is 0 Å². The van der Waals surface area contributed by atoms with Crippen LogP contribution >= 0.6 is 22.9 Å². The highest BCUT2D eigenvalue weighted by molar-refractivity contribution is 7.13. The van der Waals surface area contributed by atoms with Gasteiger partial charge in [-0.2, -0.15) is 0 Å². The van der Waals surface area contributed by atoms with Crippen molar-refractivity contribution in [3.05, 3.63) is 40.4 Å². The largest absolute Gasteiger partial charge is 0.448 e. The van der Waals surface area contributed by atoms with Gasteiger partial charge in [-0.05, 0) is 25.5 Å². The van der Waals surface area contributed by atoms with Crippen molar-refractivity contribution in [1.29, 1.82) is 0 Å². The van der Waals surface area contributed by atoms with Crippen LogP contribution in [-0.2, 0) is 9.53 Å². The molecule has 0 fully saturated rings. The van der Waals surface area contributed by atoms with Gasteiger partial charge >= 0.3 is 5.97 Å². The van der Waals surface area contributed by atoms with Crippen molar-refractivity contribution in [1.82, 2.24) is 10.3 Å². The van der Waals surface area contributed by atoms with Crippen LogP contribution in [0.25, 0.3) is 10.6 Å². The predicted molar refractivity (Wildman–Crippen MR) is 90.7 cm³/mol. The summed E-state index contributed by atoms with van der Waals surface area (Å²) in [5.74, 6) is -0.931. The number of carbonyl (C=O) groups excluding carboxylic acids is 2. The standard InChI is InChI=1S/C16H17ClN2O3S/c1-3-7-18-14(20)10(2)22-16(21)13-9-23-15(19-13)11-5-4-6-12(17)8-11/h4-6,8-10H,3,7H2,1-2H3,(H,18,20)/t10-/m0/s1. The number of nitrogens with zero attached hydrogens (tertiary/aromatic N) is 1. The van der Waals surface area contributed by atoms with Crippen LogP contribution in [0.5, 0.6) is 0 Å². The van der Waals surface area contributed by atoms with Crippen molar-refractivity contribution in [3.8, 4) is 10.6 Å². The Morgan fingerprint density at radius 2 is 2.22 bits per heavy atom. The molecule has 2 rings (SSSR count). The Morgan fingerprint density at radius 3 is 2.91 bits per heavy atom. The van der Waals surface area contributed by atoms with E-state index in [-0.39, 0.29) is 11.6 Å². The summed E-state index contributed by atoms with van der Waals surface area (Å²) in [6.07, 6.45) is -0.0352. The molecule has 1 atom stereocenters. The van der Waals surface area contributed by atoms with E-state index in [1.54, 1.807) is 17.5 Å². The van der Waals surface area contributed by atoms with Gasteiger partial charge in [-0.15, -0.1) is 11.3 Å². The molecule has 1 amide bonds. The molecule has 1 N–H and O–H groups in total. The summed E-state index contributed by atoms with van der Waals surface area (Å²) in [5, 5.41) is 5.55. The van der Waals surface area contributed by atoms with Gasteiger partial charge in [-0.1, -0.05) is 30.7 Å². The quantitative estimate of drug-likeness (QED) is 0.807. The normalized spacial score (nSPS) is 11.8. The highest BCUT2D eigenvalue weighted by Crippen LogP contribution is 2.26.